The minimum Gasteiger partial charge on any atom is -0.465 e. The summed E-state index contributed by atoms with van der Waals surface area (Å²) < 4.78 is 41.9. The number of hydrogen-bond acceptors (Lipinski definition) is 6. The van der Waals surface area contributed by atoms with Crippen molar-refractivity contribution in [3.8, 4) is 0 Å². The van der Waals surface area contributed by atoms with E-state index in [0.717, 1.165) is 6.42 Å². The lowest BCUT2D eigenvalue weighted by Gasteiger charge is -2.52. The molecule has 0 aromatic rings. The first kappa shape index (κ1) is 20.3. The van der Waals surface area contributed by atoms with Gasteiger partial charge in [-0.05, 0) is 62.2 Å². The van der Waals surface area contributed by atoms with Gasteiger partial charge in [-0.3, -0.25) is 14.1 Å². The Morgan fingerprint density at radius 1 is 1.29 bits per heavy atom. The number of carbonyl (C=O) groups is 2. The highest BCUT2D eigenvalue weighted by Crippen LogP contribution is 2.72. The fraction of sp³-hybridized carbons (Fsp3) is 0.900. The molecule has 4 aliphatic carbocycles. The molecule has 8 heteroatoms. The molecule has 4 bridgehead atoms. The maximum Gasteiger partial charge on any atom is 0.315 e. The lowest BCUT2D eigenvalue weighted by molar-refractivity contribution is -0.165. The summed E-state index contributed by atoms with van der Waals surface area (Å²) in [4.78, 5) is 26.7. The summed E-state index contributed by atoms with van der Waals surface area (Å²) in [5.41, 5.74) is 3.06. The van der Waals surface area contributed by atoms with Gasteiger partial charge < -0.3 is 10.5 Å². The van der Waals surface area contributed by atoms with Gasteiger partial charge in [-0.2, -0.15) is 8.42 Å². The topological polar surface area (TPSA) is 124 Å². The number of esters is 1. The highest BCUT2D eigenvalue weighted by Gasteiger charge is 2.79. The Balaban J connectivity index is 2.00. The average molecular weight is 414 g/mol. The molecule has 4 saturated carbocycles. The number of ketones is 1. The van der Waals surface area contributed by atoms with E-state index < -0.39 is 43.6 Å². The Kier molecular flexibility index (Phi) is 4.36. The molecule has 0 saturated heterocycles. The van der Waals surface area contributed by atoms with Crippen molar-refractivity contribution in [3.05, 3.63) is 0 Å². The highest BCUT2D eigenvalue weighted by molar-refractivity contribution is 7.86. The molecule has 0 amide bonds. The molecule has 3 N–H and O–H groups in total. The van der Waals surface area contributed by atoms with E-state index in [1.54, 1.807) is 6.92 Å². The number of ether oxygens (including phenoxy) is 1. The van der Waals surface area contributed by atoms with Crippen LogP contribution in [0.15, 0.2) is 0 Å². The second kappa shape index (κ2) is 6.01. The summed E-state index contributed by atoms with van der Waals surface area (Å²) in [6, 6.07) is -0.741. The van der Waals surface area contributed by atoms with Crippen LogP contribution in [0.25, 0.3) is 0 Å². The molecule has 0 spiro atoms. The standard InChI is InChI=1S/C20H31NO6S/c1-4-27-17(23)20(13-6-5-11(9-13)15(20)21)16(28(24,25)26)19-8-7-12(10-14(19)22)18(19,2)3/h11-13,15-16H,4-10,21H2,1-3H3,(H,24,25,26)/t11-,12?,13+,15-,16?,19?,20+/m0/s1. The molecule has 4 rings (SSSR count). The monoisotopic (exact) mass is 413 g/mol. The maximum absolute atomic E-state index is 13.4. The van der Waals surface area contributed by atoms with E-state index in [1.807, 2.05) is 13.8 Å². The van der Waals surface area contributed by atoms with Crippen LogP contribution in [0.4, 0.5) is 0 Å². The van der Waals surface area contributed by atoms with Crippen LogP contribution in [0.5, 0.6) is 0 Å². The summed E-state index contributed by atoms with van der Waals surface area (Å²) in [6.07, 6.45) is 3.50. The van der Waals surface area contributed by atoms with E-state index in [0.29, 0.717) is 32.1 Å². The molecule has 3 unspecified atom stereocenters. The Morgan fingerprint density at radius 2 is 1.96 bits per heavy atom. The van der Waals surface area contributed by atoms with Gasteiger partial charge in [-0.15, -0.1) is 0 Å². The molecule has 0 heterocycles. The number of fused-ring (bicyclic) bond motifs is 4. The van der Waals surface area contributed by atoms with Crippen LogP contribution < -0.4 is 5.73 Å². The quantitative estimate of drug-likeness (QED) is 0.521. The van der Waals surface area contributed by atoms with E-state index >= 15 is 0 Å². The SMILES string of the molecule is CCOC(=O)[C@]1(C(C23CCC(CC2=O)C3(C)C)S(=O)(=O)O)[C@@H]2CC[C@@H](C2)[C@@H]1N. The van der Waals surface area contributed by atoms with Gasteiger partial charge in [0.2, 0.25) is 0 Å². The first-order valence-electron chi connectivity index (χ1n) is 10.4. The van der Waals surface area contributed by atoms with Crippen molar-refractivity contribution in [1.29, 1.82) is 0 Å². The van der Waals surface area contributed by atoms with Crippen LogP contribution in [0.1, 0.15) is 59.3 Å². The van der Waals surface area contributed by atoms with Gasteiger partial charge in [0, 0.05) is 12.5 Å². The van der Waals surface area contributed by atoms with Crippen LogP contribution in [0.2, 0.25) is 0 Å². The van der Waals surface area contributed by atoms with Gasteiger partial charge >= 0.3 is 5.97 Å². The molecule has 7 atom stereocenters. The number of Topliss-reactive ketones (excluding diaryl/α,β-unsaturated/α-hetero) is 1. The first-order chi connectivity index (χ1) is 13.0. The molecule has 28 heavy (non-hydrogen) atoms. The predicted octanol–water partition coefficient (Wildman–Crippen LogP) is 1.94. The summed E-state index contributed by atoms with van der Waals surface area (Å²) in [7, 11) is -4.76. The minimum absolute atomic E-state index is 0.00636. The fourth-order valence-electron chi connectivity index (χ4n) is 7.73. The molecule has 0 radical (unpaired) electrons. The molecule has 158 valence electrons. The van der Waals surface area contributed by atoms with Crippen molar-refractivity contribution in [3.63, 3.8) is 0 Å². The molecule has 0 aromatic heterocycles. The highest BCUT2D eigenvalue weighted by atomic mass is 32.2. The summed E-state index contributed by atoms with van der Waals surface area (Å²) in [6.45, 7) is 5.58. The van der Waals surface area contributed by atoms with E-state index in [1.165, 1.54) is 0 Å². The third kappa shape index (κ3) is 2.14. The van der Waals surface area contributed by atoms with Gasteiger partial charge in [0.25, 0.3) is 10.1 Å². The zero-order valence-corrected chi connectivity index (χ0v) is 17.6. The smallest absolute Gasteiger partial charge is 0.315 e. The summed E-state index contributed by atoms with van der Waals surface area (Å²) in [5, 5.41) is -1.55. The second-order valence-electron chi connectivity index (χ2n) is 9.90. The van der Waals surface area contributed by atoms with Crippen molar-refractivity contribution in [1.82, 2.24) is 0 Å². The molecule has 0 aromatic carbocycles. The predicted molar refractivity (Wildman–Crippen MR) is 102 cm³/mol. The molecular formula is C20H31NO6S. The zero-order chi connectivity index (χ0) is 20.7. The average Bonchev–Trinajstić information content (AvgIpc) is 3.27. The third-order valence-electron chi connectivity index (χ3n) is 9.00. The van der Waals surface area contributed by atoms with Crippen LogP contribution in [0, 0.1) is 34.0 Å². The van der Waals surface area contributed by atoms with Crippen molar-refractivity contribution < 1.29 is 27.3 Å². The largest absolute Gasteiger partial charge is 0.465 e. The Labute approximate surface area is 166 Å². The minimum atomic E-state index is -4.76. The van der Waals surface area contributed by atoms with Crippen LogP contribution in [-0.4, -0.2) is 42.6 Å². The molecule has 4 fully saturated rings. The van der Waals surface area contributed by atoms with Crippen LogP contribution in [0.3, 0.4) is 0 Å². The Morgan fingerprint density at radius 3 is 2.39 bits per heavy atom. The summed E-state index contributed by atoms with van der Waals surface area (Å²) in [5.74, 6) is -1.05. The van der Waals surface area contributed by atoms with Crippen molar-refractivity contribution in [2.75, 3.05) is 6.61 Å². The Bertz CT molecular complexity index is 819. The first-order valence-corrected chi connectivity index (χ1v) is 11.9. The van der Waals surface area contributed by atoms with E-state index in [4.69, 9.17) is 10.5 Å². The molecule has 0 aliphatic heterocycles. The second-order valence-corrected chi connectivity index (χ2v) is 11.4. The molecule has 7 nitrogen and oxygen atoms in total. The van der Waals surface area contributed by atoms with Gasteiger partial charge in [-0.25, -0.2) is 0 Å². The van der Waals surface area contributed by atoms with Gasteiger partial charge in [0.1, 0.15) is 16.4 Å². The molecule has 4 aliphatic rings. The van der Waals surface area contributed by atoms with E-state index in [9.17, 15) is 22.6 Å². The van der Waals surface area contributed by atoms with E-state index in [-0.39, 0.29) is 30.1 Å². The molecular weight excluding hydrogens is 382 g/mol. The van der Waals surface area contributed by atoms with Crippen molar-refractivity contribution in [2.24, 2.45) is 39.7 Å². The Hall–Kier alpha value is -0.990. The van der Waals surface area contributed by atoms with Gasteiger partial charge in [0.15, 0.2) is 0 Å². The lowest BCUT2D eigenvalue weighted by Crippen LogP contribution is -2.68. The normalized spacial score (nSPS) is 44.8. The third-order valence-corrected chi connectivity index (χ3v) is 10.4. The van der Waals surface area contributed by atoms with Gasteiger partial charge in [-0.1, -0.05) is 13.8 Å². The number of nitrogens with two attached hydrogens (primary N) is 1. The fourth-order valence-corrected chi connectivity index (χ4v) is 9.73. The van der Waals surface area contributed by atoms with E-state index in [2.05, 4.69) is 0 Å². The van der Waals surface area contributed by atoms with Crippen molar-refractivity contribution in [2.45, 2.75) is 70.6 Å². The maximum atomic E-state index is 13.4. The summed E-state index contributed by atoms with van der Waals surface area (Å²) >= 11 is 0. The number of carbonyl (C=O) groups excluding carboxylic acids is 2. The number of hydrogen-bond donors (Lipinski definition) is 2. The van der Waals surface area contributed by atoms with Gasteiger partial charge in [0.05, 0.1) is 12.0 Å². The lowest BCUT2D eigenvalue weighted by atomic mass is 9.55. The number of rotatable bonds is 5. The van der Waals surface area contributed by atoms with Crippen LogP contribution in [-0.2, 0) is 24.4 Å². The zero-order valence-electron chi connectivity index (χ0n) is 16.8. The van der Waals surface area contributed by atoms with Crippen molar-refractivity contribution >= 4 is 21.9 Å². The van der Waals surface area contributed by atoms with Crippen LogP contribution >= 0.6 is 0 Å².